The van der Waals surface area contributed by atoms with E-state index in [4.69, 9.17) is 0 Å². The van der Waals surface area contributed by atoms with Gasteiger partial charge in [0.2, 0.25) is 5.95 Å². The Morgan fingerprint density at radius 2 is 1.85 bits per heavy atom. The zero-order valence-electron chi connectivity index (χ0n) is 19.0. The number of carbonyl (C=O) groups excluding carboxylic acids is 2. The summed E-state index contributed by atoms with van der Waals surface area (Å²) in [7, 11) is 1.71. The molecule has 0 atom stereocenters. The summed E-state index contributed by atoms with van der Waals surface area (Å²) in [5.74, 6) is -0.0534. The molecular formula is C23H25F3N6O2. The van der Waals surface area contributed by atoms with Crippen molar-refractivity contribution in [1.82, 2.24) is 25.4 Å². The lowest BCUT2D eigenvalue weighted by atomic mass is 10.00. The monoisotopic (exact) mass is 474 g/mol. The van der Waals surface area contributed by atoms with Gasteiger partial charge in [-0.3, -0.25) is 9.59 Å². The first-order chi connectivity index (χ1) is 16.2. The number of aryl methyl sites for hydroxylation is 1. The van der Waals surface area contributed by atoms with Crippen molar-refractivity contribution in [1.29, 1.82) is 0 Å². The van der Waals surface area contributed by atoms with Gasteiger partial charge in [-0.15, -0.1) is 5.10 Å². The smallest absolute Gasteiger partial charge is 0.352 e. The molecule has 2 heterocycles. The van der Waals surface area contributed by atoms with E-state index in [-0.39, 0.29) is 11.5 Å². The number of hydrogen-bond donors (Lipinski definition) is 3. The van der Waals surface area contributed by atoms with E-state index in [1.807, 2.05) is 25.2 Å². The van der Waals surface area contributed by atoms with Crippen LogP contribution in [0.4, 0.5) is 24.8 Å². The third-order valence-corrected chi connectivity index (χ3v) is 4.90. The van der Waals surface area contributed by atoms with Crippen LogP contribution in [0, 0.1) is 0 Å². The summed E-state index contributed by atoms with van der Waals surface area (Å²) in [6, 6.07) is 11.4. The van der Waals surface area contributed by atoms with Crippen LogP contribution < -0.4 is 16.0 Å². The molecule has 2 aromatic carbocycles. The molecule has 1 aliphatic heterocycles. The minimum absolute atomic E-state index is 0.0886. The Bertz CT molecular complexity index is 1170. The van der Waals surface area contributed by atoms with Crippen LogP contribution in [-0.2, 0) is 13.5 Å². The summed E-state index contributed by atoms with van der Waals surface area (Å²) in [5, 5.41) is 12.2. The standard InChI is InChI=1S/C21H19F3N6O2.C2H6/c1-30-20(27-15-6-7-16-14(10-15)8-9-25-19(16)32)28-17(29-30)12-2-4-13(5-3-12)18(31)26-11-21(22,23)24;1-2/h2-7,10H,8-9,11H2,1H3,(H,25,32)(H,26,31)(H,27,28,29);1-2H3. The van der Waals surface area contributed by atoms with E-state index in [0.717, 1.165) is 17.7 Å². The Kier molecular flexibility index (Phi) is 7.54. The van der Waals surface area contributed by atoms with E-state index in [2.05, 4.69) is 20.7 Å². The van der Waals surface area contributed by atoms with Gasteiger partial charge < -0.3 is 16.0 Å². The lowest BCUT2D eigenvalue weighted by molar-refractivity contribution is -0.123. The van der Waals surface area contributed by atoms with E-state index in [1.54, 1.807) is 36.0 Å². The number of aromatic nitrogens is 3. The SMILES string of the molecule is CC.Cn1nc(-c2ccc(C(=O)NCC(F)(F)F)cc2)nc1Nc1ccc2c(c1)CCNC2=O. The van der Waals surface area contributed by atoms with Gasteiger partial charge in [-0.2, -0.15) is 18.2 Å². The van der Waals surface area contributed by atoms with Gasteiger partial charge in [-0.05, 0) is 42.3 Å². The van der Waals surface area contributed by atoms with Crippen molar-refractivity contribution in [2.45, 2.75) is 26.4 Å². The molecule has 8 nitrogen and oxygen atoms in total. The van der Waals surface area contributed by atoms with Gasteiger partial charge in [0.1, 0.15) is 6.54 Å². The molecule has 11 heteroatoms. The van der Waals surface area contributed by atoms with Crippen molar-refractivity contribution >= 4 is 23.5 Å². The number of alkyl halides is 3. The molecule has 0 saturated heterocycles. The molecule has 2 amide bonds. The van der Waals surface area contributed by atoms with Crippen LogP contribution in [0.25, 0.3) is 11.4 Å². The number of hydrogen-bond acceptors (Lipinski definition) is 5. The lowest BCUT2D eigenvalue weighted by Crippen LogP contribution is -2.33. The van der Waals surface area contributed by atoms with Crippen LogP contribution in [0.1, 0.15) is 40.1 Å². The van der Waals surface area contributed by atoms with Crippen molar-refractivity contribution in [2.75, 3.05) is 18.4 Å². The Morgan fingerprint density at radius 1 is 1.15 bits per heavy atom. The number of amides is 2. The molecule has 1 aromatic heterocycles. The third-order valence-electron chi connectivity index (χ3n) is 4.90. The average molecular weight is 474 g/mol. The van der Waals surface area contributed by atoms with E-state index in [1.165, 1.54) is 12.1 Å². The van der Waals surface area contributed by atoms with Crippen molar-refractivity contribution in [2.24, 2.45) is 7.05 Å². The highest BCUT2D eigenvalue weighted by Crippen LogP contribution is 2.24. The normalized spacial score (nSPS) is 12.7. The van der Waals surface area contributed by atoms with E-state index in [9.17, 15) is 22.8 Å². The molecule has 4 rings (SSSR count). The highest BCUT2D eigenvalue weighted by atomic mass is 19.4. The molecule has 0 spiro atoms. The Hall–Kier alpha value is -3.89. The molecule has 1 aliphatic rings. The number of nitrogens with zero attached hydrogens (tertiary/aromatic N) is 3. The highest BCUT2D eigenvalue weighted by molar-refractivity contribution is 5.97. The summed E-state index contributed by atoms with van der Waals surface area (Å²) in [5.41, 5.74) is 3.06. The Balaban J connectivity index is 0.00000158. The molecule has 0 aliphatic carbocycles. The van der Waals surface area contributed by atoms with Crippen LogP contribution in [-0.4, -0.2) is 45.8 Å². The van der Waals surface area contributed by atoms with Gasteiger partial charge in [-0.1, -0.05) is 26.0 Å². The quantitative estimate of drug-likeness (QED) is 0.522. The first kappa shape index (κ1) is 24.7. The van der Waals surface area contributed by atoms with Crippen LogP contribution in [0.3, 0.4) is 0 Å². The molecule has 34 heavy (non-hydrogen) atoms. The molecular weight excluding hydrogens is 449 g/mol. The largest absolute Gasteiger partial charge is 0.405 e. The van der Waals surface area contributed by atoms with Crippen LogP contribution >= 0.6 is 0 Å². The maximum atomic E-state index is 12.3. The second kappa shape index (κ2) is 10.4. The Labute approximate surface area is 194 Å². The van der Waals surface area contributed by atoms with E-state index < -0.39 is 18.6 Å². The number of fused-ring (bicyclic) bond motifs is 1. The molecule has 0 unspecified atom stereocenters. The summed E-state index contributed by atoms with van der Waals surface area (Å²) in [6.45, 7) is 3.20. The van der Waals surface area contributed by atoms with Crippen molar-refractivity contribution in [3.05, 3.63) is 59.2 Å². The minimum atomic E-state index is -4.47. The molecule has 3 aromatic rings. The zero-order chi connectivity index (χ0) is 24.9. The average Bonchev–Trinajstić information content (AvgIpc) is 3.18. The Morgan fingerprint density at radius 3 is 2.53 bits per heavy atom. The van der Waals surface area contributed by atoms with Gasteiger partial charge in [0.05, 0.1) is 0 Å². The van der Waals surface area contributed by atoms with E-state index >= 15 is 0 Å². The molecule has 0 fully saturated rings. The molecule has 0 radical (unpaired) electrons. The summed E-state index contributed by atoms with van der Waals surface area (Å²) in [4.78, 5) is 28.2. The number of benzene rings is 2. The number of nitrogens with one attached hydrogen (secondary N) is 3. The molecule has 0 bridgehead atoms. The van der Waals surface area contributed by atoms with Gasteiger partial charge in [0, 0.05) is 36.0 Å². The molecule has 0 saturated carbocycles. The first-order valence-electron chi connectivity index (χ1n) is 10.7. The number of carbonyl (C=O) groups is 2. The summed E-state index contributed by atoms with van der Waals surface area (Å²) < 4.78 is 38.3. The van der Waals surface area contributed by atoms with Gasteiger partial charge >= 0.3 is 6.18 Å². The fourth-order valence-electron chi connectivity index (χ4n) is 3.30. The third kappa shape index (κ3) is 5.91. The number of halogens is 3. The summed E-state index contributed by atoms with van der Waals surface area (Å²) in [6.07, 6.45) is -3.73. The fourth-order valence-corrected chi connectivity index (χ4v) is 3.30. The first-order valence-corrected chi connectivity index (χ1v) is 10.7. The lowest BCUT2D eigenvalue weighted by Gasteiger charge is -2.17. The minimum Gasteiger partial charge on any atom is -0.352 e. The van der Waals surface area contributed by atoms with Gasteiger partial charge in [-0.25, -0.2) is 4.68 Å². The van der Waals surface area contributed by atoms with Crippen molar-refractivity contribution in [3.63, 3.8) is 0 Å². The topological polar surface area (TPSA) is 101 Å². The zero-order valence-corrected chi connectivity index (χ0v) is 19.0. The van der Waals surface area contributed by atoms with Crippen LogP contribution in [0.15, 0.2) is 42.5 Å². The summed E-state index contributed by atoms with van der Waals surface area (Å²) >= 11 is 0. The predicted octanol–water partition coefficient (Wildman–Crippen LogP) is 3.83. The second-order valence-electron chi connectivity index (χ2n) is 7.26. The number of rotatable bonds is 5. The van der Waals surface area contributed by atoms with Crippen LogP contribution in [0.5, 0.6) is 0 Å². The maximum absolute atomic E-state index is 12.3. The second-order valence-corrected chi connectivity index (χ2v) is 7.26. The highest BCUT2D eigenvalue weighted by Gasteiger charge is 2.28. The van der Waals surface area contributed by atoms with Crippen LogP contribution in [0.2, 0.25) is 0 Å². The van der Waals surface area contributed by atoms with E-state index in [0.29, 0.717) is 29.4 Å². The predicted molar refractivity (Wildman–Crippen MR) is 122 cm³/mol. The van der Waals surface area contributed by atoms with Crippen molar-refractivity contribution < 1.29 is 22.8 Å². The van der Waals surface area contributed by atoms with Crippen molar-refractivity contribution in [3.8, 4) is 11.4 Å². The molecule has 180 valence electrons. The maximum Gasteiger partial charge on any atom is 0.405 e. The fraction of sp³-hybridized carbons (Fsp3) is 0.304. The number of anilines is 2. The van der Waals surface area contributed by atoms with Gasteiger partial charge in [0.25, 0.3) is 11.8 Å². The molecule has 3 N–H and O–H groups in total. The van der Waals surface area contributed by atoms with Gasteiger partial charge in [0.15, 0.2) is 5.82 Å².